The molecule has 2 N–H and O–H groups in total. The number of morpholine rings is 1. The minimum Gasteiger partial charge on any atom is -0.379 e. The number of carbonyl (C=O) groups is 1. The Morgan fingerprint density at radius 1 is 1.24 bits per heavy atom. The van der Waals surface area contributed by atoms with Gasteiger partial charge in [0, 0.05) is 40.3 Å². The monoisotopic (exact) mass is 575 g/mol. The summed E-state index contributed by atoms with van der Waals surface area (Å²) >= 11 is 0. The molecule has 33 heavy (non-hydrogen) atoms. The highest BCUT2D eigenvalue weighted by atomic mass is 127. The highest BCUT2D eigenvalue weighted by Crippen LogP contribution is 2.39. The Balaban J connectivity index is 0.00000385. The van der Waals surface area contributed by atoms with E-state index in [0.717, 1.165) is 50.9 Å². The molecule has 1 aliphatic carbocycles. The van der Waals surface area contributed by atoms with Gasteiger partial charge >= 0.3 is 0 Å². The second kappa shape index (κ2) is 13.4. The van der Waals surface area contributed by atoms with Crippen molar-refractivity contribution in [1.82, 2.24) is 20.4 Å². The Labute approximate surface area is 214 Å². The van der Waals surface area contributed by atoms with Gasteiger partial charge in [-0.3, -0.25) is 14.7 Å². The smallest absolute Gasteiger partial charge is 0.230 e. The molecular weight excluding hydrogens is 536 g/mol. The standard InChI is InChI=1S/C24H38FN5O2.HI/c1-4-26-23(28-18-24(10-5-6-11-24)22(31)29(2)3)27-17-21(30-12-14-32-15-13-30)19-8-7-9-20(25)16-19;/h7-9,16,21H,4-6,10-15,17-18H2,1-3H3,(H2,26,27,28);1H. The summed E-state index contributed by atoms with van der Waals surface area (Å²) in [5.74, 6) is 0.632. The van der Waals surface area contributed by atoms with Crippen molar-refractivity contribution in [2.24, 2.45) is 10.4 Å². The number of halogens is 2. The number of carbonyl (C=O) groups excluding carboxylic acids is 1. The van der Waals surface area contributed by atoms with Gasteiger partial charge in [0.2, 0.25) is 5.91 Å². The van der Waals surface area contributed by atoms with Crippen LogP contribution in [0.25, 0.3) is 0 Å². The fraction of sp³-hybridized carbons (Fsp3) is 0.667. The van der Waals surface area contributed by atoms with E-state index in [1.165, 1.54) is 6.07 Å². The SMILES string of the molecule is CCNC(=NCC1(C(=O)N(C)C)CCCC1)NCC(c1cccc(F)c1)N1CCOCC1.I. The van der Waals surface area contributed by atoms with Gasteiger partial charge in [0.25, 0.3) is 0 Å². The van der Waals surface area contributed by atoms with Crippen LogP contribution in [0.2, 0.25) is 0 Å². The molecule has 3 rings (SSSR count). The number of rotatable bonds is 8. The quantitative estimate of drug-likeness (QED) is 0.284. The van der Waals surface area contributed by atoms with E-state index in [4.69, 9.17) is 9.73 Å². The van der Waals surface area contributed by atoms with Crippen molar-refractivity contribution in [3.8, 4) is 0 Å². The van der Waals surface area contributed by atoms with Crippen LogP contribution in [0.4, 0.5) is 4.39 Å². The van der Waals surface area contributed by atoms with E-state index in [1.807, 2.05) is 27.1 Å². The van der Waals surface area contributed by atoms with Crippen LogP contribution in [-0.4, -0.2) is 81.7 Å². The zero-order chi connectivity index (χ0) is 23.0. The molecule has 1 aliphatic heterocycles. The maximum atomic E-state index is 14.0. The second-order valence-corrected chi connectivity index (χ2v) is 8.98. The summed E-state index contributed by atoms with van der Waals surface area (Å²) in [5, 5.41) is 6.76. The molecule has 9 heteroatoms. The third-order valence-corrected chi connectivity index (χ3v) is 6.49. The van der Waals surface area contributed by atoms with Crippen molar-refractivity contribution < 1.29 is 13.9 Å². The molecule has 7 nitrogen and oxygen atoms in total. The predicted molar refractivity (Wildman–Crippen MR) is 141 cm³/mol. The van der Waals surface area contributed by atoms with Crippen LogP contribution in [-0.2, 0) is 9.53 Å². The van der Waals surface area contributed by atoms with E-state index in [-0.39, 0.29) is 41.7 Å². The topological polar surface area (TPSA) is 69.2 Å². The van der Waals surface area contributed by atoms with E-state index < -0.39 is 5.41 Å². The average molecular weight is 576 g/mol. The number of guanidine groups is 1. The molecule has 0 aromatic heterocycles. The summed E-state index contributed by atoms with van der Waals surface area (Å²) in [5.41, 5.74) is 0.531. The van der Waals surface area contributed by atoms with Crippen LogP contribution in [0.1, 0.15) is 44.2 Å². The zero-order valence-electron chi connectivity index (χ0n) is 20.1. The third kappa shape index (κ3) is 7.51. The maximum Gasteiger partial charge on any atom is 0.230 e. The van der Waals surface area contributed by atoms with E-state index in [9.17, 15) is 9.18 Å². The largest absolute Gasteiger partial charge is 0.379 e. The van der Waals surface area contributed by atoms with Crippen LogP contribution in [0.5, 0.6) is 0 Å². The van der Waals surface area contributed by atoms with E-state index in [2.05, 4.69) is 15.5 Å². The van der Waals surface area contributed by atoms with Crippen LogP contribution >= 0.6 is 24.0 Å². The first-order valence-electron chi connectivity index (χ1n) is 11.8. The molecule has 1 amide bonds. The summed E-state index contributed by atoms with van der Waals surface area (Å²) in [6.45, 7) is 6.77. The Bertz CT molecular complexity index is 780. The Kier molecular flexibility index (Phi) is 11.3. The highest BCUT2D eigenvalue weighted by Gasteiger charge is 2.42. The molecule has 1 saturated heterocycles. The lowest BCUT2D eigenvalue weighted by molar-refractivity contribution is -0.138. The Morgan fingerprint density at radius 2 is 1.94 bits per heavy atom. The van der Waals surface area contributed by atoms with Crippen molar-refractivity contribution in [1.29, 1.82) is 0 Å². The number of nitrogens with zero attached hydrogens (tertiary/aromatic N) is 3. The summed E-state index contributed by atoms with van der Waals surface area (Å²) in [7, 11) is 3.64. The van der Waals surface area contributed by atoms with E-state index in [0.29, 0.717) is 32.3 Å². The van der Waals surface area contributed by atoms with Crippen molar-refractivity contribution in [2.45, 2.75) is 38.6 Å². The van der Waals surface area contributed by atoms with Crippen LogP contribution in [0.3, 0.4) is 0 Å². The first-order valence-corrected chi connectivity index (χ1v) is 11.8. The number of ether oxygens (including phenoxy) is 1. The molecular formula is C24H39FIN5O2. The summed E-state index contributed by atoms with van der Waals surface area (Å²) < 4.78 is 19.5. The molecule has 1 atom stereocenters. The van der Waals surface area contributed by atoms with Crippen LogP contribution < -0.4 is 10.6 Å². The van der Waals surface area contributed by atoms with Crippen molar-refractivity contribution >= 4 is 35.8 Å². The van der Waals surface area contributed by atoms with Gasteiger partial charge in [-0.05, 0) is 37.5 Å². The molecule has 2 aliphatic rings. The highest BCUT2D eigenvalue weighted by molar-refractivity contribution is 14.0. The number of nitrogens with one attached hydrogen (secondary N) is 2. The third-order valence-electron chi connectivity index (χ3n) is 6.49. The molecule has 0 spiro atoms. The Hall–Kier alpha value is -1.46. The molecule has 186 valence electrons. The molecule has 2 fully saturated rings. The molecule has 1 unspecified atom stereocenters. The molecule has 1 aromatic carbocycles. The lowest BCUT2D eigenvalue weighted by Crippen LogP contribution is -2.47. The van der Waals surface area contributed by atoms with Crippen molar-refractivity contribution in [3.05, 3.63) is 35.6 Å². The zero-order valence-corrected chi connectivity index (χ0v) is 22.4. The number of hydrogen-bond acceptors (Lipinski definition) is 4. The fourth-order valence-electron chi connectivity index (χ4n) is 4.79. The molecule has 0 radical (unpaired) electrons. The average Bonchev–Trinajstić information content (AvgIpc) is 3.28. The summed E-state index contributed by atoms with van der Waals surface area (Å²) in [4.78, 5) is 21.7. The number of benzene rings is 1. The first-order chi connectivity index (χ1) is 15.4. The number of aliphatic imine (C=N–C) groups is 1. The van der Waals surface area contributed by atoms with Gasteiger partial charge < -0.3 is 20.3 Å². The molecule has 0 bridgehead atoms. The van der Waals surface area contributed by atoms with Gasteiger partial charge in [-0.15, -0.1) is 24.0 Å². The van der Waals surface area contributed by atoms with Gasteiger partial charge in [0.05, 0.1) is 31.2 Å². The summed E-state index contributed by atoms with van der Waals surface area (Å²) in [6.07, 6.45) is 3.90. The van der Waals surface area contributed by atoms with E-state index in [1.54, 1.807) is 17.0 Å². The Morgan fingerprint density at radius 3 is 2.55 bits per heavy atom. The fourth-order valence-corrected chi connectivity index (χ4v) is 4.79. The minimum absolute atomic E-state index is 0. The van der Waals surface area contributed by atoms with Crippen molar-refractivity contribution in [2.75, 3.05) is 60.0 Å². The lowest BCUT2D eigenvalue weighted by Gasteiger charge is -2.35. The van der Waals surface area contributed by atoms with Gasteiger partial charge in [0.15, 0.2) is 5.96 Å². The van der Waals surface area contributed by atoms with Gasteiger partial charge in [-0.1, -0.05) is 25.0 Å². The first kappa shape index (κ1) is 27.8. The van der Waals surface area contributed by atoms with Crippen LogP contribution in [0.15, 0.2) is 29.3 Å². The van der Waals surface area contributed by atoms with Gasteiger partial charge in [0.1, 0.15) is 5.82 Å². The number of amides is 1. The maximum absolute atomic E-state index is 14.0. The molecule has 1 aromatic rings. The minimum atomic E-state index is -0.405. The molecule has 1 saturated carbocycles. The normalized spacial score (nSPS) is 19.5. The van der Waals surface area contributed by atoms with Crippen LogP contribution in [0, 0.1) is 11.2 Å². The molecule has 1 heterocycles. The van der Waals surface area contributed by atoms with E-state index >= 15 is 0 Å². The van der Waals surface area contributed by atoms with Crippen molar-refractivity contribution in [3.63, 3.8) is 0 Å². The van der Waals surface area contributed by atoms with Gasteiger partial charge in [-0.2, -0.15) is 0 Å². The second-order valence-electron chi connectivity index (χ2n) is 8.98. The van der Waals surface area contributed by atoms with Gasteiger partial charge in [-0.25, -0.2) is 4.39 Å². The predicted octanol–water partition coefficient (Wildman–Crippen LogP) is 3.02. The summed E-state index contributed by atoms with van der Waals surface area (Å²) in [6, 6.07) is 6.81. The number of hydrogen-bond donors (Lipinski definition) is 2. The lowest BCUT2D eigenvalue weighted by atomic mass is 9.85.